The average Bonchev–Trinajstić information content (AvgIpc) is 2.48. The molecule has 1 unspecified atom stereocenters. The highest BCUT2D eigenvalue weighted by Gasteiger charge is 2.10. The molecule has 6 nitrogen and oxygen atoms in total. The molecule has 0 bridgehead atoms. The minimum absolute atomic E-state index is 0.150. The topological polar surface area (TPSA) is 95.0 Å². The summed E-state index contributed by atoms with van der Waals surface area (Å²) in [7, 11) is 0. The Morgan fingerprint density at radius 3 is 2.85 bits per heavy atom. The molecule has 1 atom stereocenters. The van der Waals surface area contributed by atoms with Crippen LogP contribution in [0.3, 0.4) is 0 Å². The largest absolute Gasteiger partial charge is 0.394 e. The fourth-order valence-electron chi connectivity index (χ4n) is 0.894. The lowest BCUT2D eigenvalue weighted by atomic mass is 10.3. The lowest BCUT2D eigenvalue weighted by Gasteiger charge is -2.06. The van der Waals surface area contributed by atoms with E-state index in [9.17, 15) is 0 Å². The second kappa shape index (κ2) is 3.98. The SMILES string of the molecule is Cc1c(C#N)nnn1CC(O)CO. The van der Waals surface area contributed by atoms with E-state index in [-0.39, 0.29) is 18.8 Å². The smallest absolute Gasteiger partial charge is 0.185 e. The van der Waals surface area contributed by atoms with Crippen LogP contribution in [0.15, 0.2) is 0 Å². The third-order valence-corrected chi connectivity index (χ3v) is 1.68. The van der Waals surface area contributed by atoms with Gasteiger partial charge in [0.05, 0.1) is 24.9 Å². The molecule has 0 saturated carbocycles. The molecule has 0 radical (unpaired) electrons. The Hall–Kier alpha value is -1.45. The lowest BCUT2D eigenvalue weighted by molar-refractivity contribution is 0.0772. The predicted octanol–water partition coefficient (Wildman–Crippen LogP) is -1.19. The van der Waals surface area contributed by atoms with Gasteiger partial charge in [0.1, 0.15) is 6.07 Å². The van der Waals surface area contributed by atoms with Gasteiger partial charge in [0.2, 0.25) is 0 Å². The van der Waals surface area contributed by atoms with E-state index in [0.717, 1.165) is 0 Å². The first-order chi connectivity index (χ1) is 6.19. The first-order valence-electron chi connectivity index (χ1n) is 3.78. The summed E-state index contributed by atoms with van der Waals surface area (Å²) in [4.78, 5) is 0. The maximum atomic E-state index is 9.10. The number of aliphatic hydroxyl groups is 2. The van der Waals surface area contributed by atoms with Gasteiger partial charge in [-0.25, -0.2) is 4.68 Å². The van der Waals surface area contributed by atoms with Crippen LogP contribution in [0, 0.1) is 18.3 Å². The number of rotatable bonds is 3. The summed E-state index contributed by atoms with van der Waals surface area (Å²) in [6.07, 6.45) is -0.869. The van der Waals surface area contributed by atoms with Crippen molar-refractivity contribution >= 4 is 0 Å². The number of aliphatic hydroxyl groups excluding tert-OH is 2. The summed E-state index contributed by atoms with van der Waals surface area (Å²) >= 11 is 0. The van der Waals surface area contributed by atoms with Crippen LogP contribution in [0.5, 0.6) is 0 Å². The third-order valence-electron chi connectivity index (χ3n) is 1.68. The van der Waals surface area contributed by atoms with Crippen LogP contribution >= 0.6 is 0 Å². The third kappa shape index (κ3) is 2.02. The zero-order chi connectivity index (χ0) is 9.84. The van der Waals surface area contributed by atoms with Crippen molar-refractivity contribution in [3.63, 3.8) is 0 Å². The van der Waals surface area contributed by atoms with Crippen molar-refractivity contribution in [3.05, 3.63) is 11.4 Å². The van der Waals surface area contributed by atoms with E-state index >= 15 is 0 Å². The minimum atomic E-state index is -0.869. The molecule has 70 valence electrons. The van der Waals surface area contributed by atoms with E-state index in [2.05, 4.69) is 10.3 Å². The van der Waals surface area contributed by atoms with Crippen LogP contribution in [-0.2, 0) is 6.54 Å². The van der Waals surface area contributed by atoms with E-state index in [4.69, 9.17) is 15.5 Å². The molecule has 1 aromatic rings. The molecule has 1 rings (SSSR count). The Labute approximate surface area is 75.0 Å². The molecule has 0 saturated heterocycles. The Morgan fingerprint density at radius 1 is 1.69 bits per heavy atom. The maximum absolute atomic E-state index is 9.10. The molecule has 0 aromatic carbocycles. The van der Waals surface area contributed by atoms with Gasteiger partial charge in [-0.3, -0.25) is 0 Å². The first-order valence-corrected chi connectivity index (χ1v) is 3.78. The zero-order valence-electron chi connectivity index (χ0n) is 7.17. The second-order valence-electron chi connectivity index (χ2n) is 2.65. The molecule has 0 spiro atoms. The molecule has 2 N–H and O–H groups in total. The van der Waals surface area contributed by atoms with Gasteiger partial charge in [-0.05, 0) is 6.92 Å². The van der Waals surface area contributed by atoms with Gasteiger partial charge in [0, 0.05) is 0 Å². The summed E-state index contributed by atoms with van der Waals surface area (Å²) in [5.41, 5.74) is 0.833. The van der Waals surface area contributed by atoms with Gasteiger partial charge in [-0.15, -0.1) is 5.10 Å². The summed E-state index contributed by atoms with van der Waals surface area (Å²) < 4.78 is 1.39. The monoisotopic (exact) mass is 182 g/mol. The Morgan fingerprint density at radius 2 is 2.38 bits per heavy atom. The minimum Gasteiger partial charge on any atom is -0.394 e. The van der Waals surface area contributed by atoms with Crippen LogP contribution in [0.25, 0.3) is 0 Å². The summed E-state index contributed by atoms with van der Waals surface area (Å²) in [5, 5.41) is 33.4. The summed E-state index contributed by atoms with van der Waals surface area (Å²) in [5.74, 6) is 0. The van der Waals surface area contributed by atoms with Gasteiger partial charge in [0.15, 0.2) is 5.69 Å². The highest BCUT2D eigenvalue weighted by molar-refractivity contribution is 5.22. The Balaban J connectivity index is 2.79. The highest BCUT2D eigenvalue weighted by Crippen LogP contribution is 2.02. The zero-order valence-corrected chi connectivity index (χ0v) is 7.17. The molecule has 13 heavy (non-hydrogen) atoms. The summed E-state index contributed by atoms with van der Waals surface area (Å²) in [6.45, 7) is 1.50. The summed E-state index contributed by atoms with van der Waals surface area (Å²) in [6, 6.07) is 1.87. The quantitative estimate of drug-likeness (QED) is 0.613. The van der Waals surface area contributed by atoms with E-state index in [1.54, 1.807) is 6.92 Å². The molecule has 6 heteroatoms. The first kappa shape index (κ1) is 9.64. The number of hydrogen-bond donors (Lipinski definition) is 2. The second-order valence-corrected chi connectivity index (χ2v) is 2.65. The van der Waals surface area contributed by atoms with Crippen molar-refractivity contribution < 1.29 is 10.2 Å². The molecule has 1 aromatic heterocycles. The molecule has 1 heterocycles. The number of aromatic nitrogens is 3. The Kier molecular flexibility index (Phi) is 2.95. The van der Waals surface area contributed by atoms with Crippen LogP contribution < -0.4 is 0 Å². The van der Waals surface area contributed by atoms with E-state index in [0.29, 0.717) is 5.69 Å². The van der Waals surface area contributed by atoms with Crippen molar-refractivity contribution in [1.82, 2.24) is 15.0 Å². The predicted molar refractivity (Wildman–Crippen MR) is 42.6 cm³/mol. The lowest BCUT2D eigenvalue weighted by Crippen LogP contribution is -2.21. The maximum Gasteiger partial charge on any atom is 0.185 e. The van der Waals surface area contributed by atoms with Crippen molar-refractivity contribution in [2.24, 2.45) is 0 Å². The van der Waals surface area contributed by atoms with Crippen molar-refractivity contribution in [2.75, 3.05) is 6.61 Å². The molecule has 0 fully saturated rings. The number of nitrogens with zero attached hydrogens (tertiary/aromatic N) is 4. The van der Waals surface area contributed by atoms with E-state index < -0.39 is 6.10 Å². The molecular formula is C7H10N4O2. The number of nitriles is 1. The molecular weight excluding hydrogens is 172 g/mol. The average molecular weight is 182 g/mol. The fraction of sp³-hybridized carbons (Fsp3) is 0.571. The molecule has 0 aliphatic carbocycles. The van der Waals surface area contributed by atoms with Crippen molar-refractivity contribution in [3.8, 4) is 6.07 Å². The molecule has 0 aliphatic rings. The van der Waals surface area contributed by atoms with Gasteiger partial charge >= 0.3 is 0 Å². The molecule has 0 amide bonds. The normalized spacial score (nSPS) is 12.5. The highest BCUT2D eigenvalue weighted by atomic mass is 16.3. The van der Waals surface area contributed by atoms with Crippen LogP contribution in [0.4, 0.5) is 0 Å². The van der Waals surface area contributed by atoms with Crippen molar-refractivity contribution in [1.29, 1.82) is 5.26 Å². The Bertz CT molecular complexity index is 328. The van der Waals surface area contributed by atoms with Crippen molar-refractivity contribution in [2.45, 2.75) is 19.6 Å². The van der Waals surface area contributed by atoms with E-state index in [1.165, 1.54) is 4.68 Å². The van der Waals surface area contributed by atoms with Crippen LogP contribution in [0.1, 0.15) is 11.4 Å². The fourth-order valence-corrected chi connectivity index (χ4v) is 0.894. The number of hydrogen-bond acceptors (Lipinski definition) is 5. The van der Waals surface area contributed by atoms with Gasteiger partial charge < -0.3 is 10.2 Å². The van der Waals surface area contributed by atoms with Crippen LogP contribution in [-0.4, -0.2) is 37.9 Å². The van der Waals surface area contributed by atoms with Crippen LogP contribution in [0.2, 0.25) is 0 Å². The van der Waals surface area contributed by atoms with Gasteiger partial charge in [-0.2, -0.15) is 5.26 Å². The van der Waals surface area contributed by atoms with E-state index in [1.807, 2.05) is 6.07 Å². The molecule has 0 aliphatic heterocycles. The standard InChI is InChI=1S/C7H10N4O2/c1-5-7(2-8)9-10-11(5)3-6(13)4-12/h6,12-13H,3-4H2,1H3. The van der Waals surface area contributed by atoms with Gasteiger partial charge in [0.25, 0.3) is 0 Å². The van der Waals surface area contributed by atoms with Gasteiger partial charge in [-0.1, -0.05) is 5.21 Å².